The van der Waals surface area contributed by atoms with Gasteiger partial charge in [0.05, 0.1) is 17.7 Å². The van der Waals surface area contributed by atoms with Gasteiger partial charge in [-0.25, -0.2) is 9.97 Å². The van der Waals surface area contributed by atoms with Crippen molar-refractivity contribution in [1.82, 2.24) is 24.6 Å². The van der Waals surface area contributed by atoms with Gasteiger partial charge in [-0.15, -0.1) is 5.10 Å². The smallest absolute Gasteiger partial charge is 0.261 e. The van der Waals surface area contributed by atoms with Gasteiger partial charge in [0.2, 0.25) is 0 Å². The van der Waals surface area contributed by atoms with Gasteiger partial charge in [0.15, 0.2) is 17.5 Å². The summed E-state index contributed by atoms with van der Waals surface area (Å²) in [4.78, 5) is 35.3. The Morgan fingerprint density at radius 3 is 2.19 bits per heavy atom. The summed E-state index contributed by atoms with van der Waals surface area (Å²) in [5.74, 6) is 1.23. The number of hydrogen-bond donors (Lipinski definition) is 0. The molecule has 0 N–H and O–H groups in total. The molecule has 0 radical (unpaired) electrons. The van der Waals surface area contributed by atoms with Crippen LogP contribution in [-0.2, 0) is 6.54 Å². The molecule has 0 fully saturated rings. The topological polar surface area (TPSA) is 81.0 Å². The van der Waals surface area contributed by atoms with Crippen molar-refractivity contribution < 1.29 is 9.59 Å². The fourth-order valence-electron chi connectivity index (χ4n) is 2.90. The molecule has 1 aliphatic heterocycles. The first-order chi connectivity index (χ1) is 12.6. The quantitative estimate of drug-likeness (QED) is 0.678. The second kappa shape index (κ2) is 6.18. The van der Waals surface area contributed by atoms with Crippen LogP contribution in [0.1, 0.15) is 52.1 Å². The Hall–Kier alpha value is -3.35. The highest BCUT2D eigenvalue weighted by Gasteiger charge is 2.36. The number of carbonyl (C=O) groups excluding carboxylic acids is 2. The Morgan fingerprint density at radius 1 is 0.962 bits per heavy atom. The van der Waals surface area contributed by atoms with Crippen molar-refractivity contribution in [2.24, 2.45) is 0 Å². The minimum absolute atomic E-state index is 0.0443. The van der Waals surface area contributed by atoms with Crippen molar-refractivity contribution in [3.8, 4) is 5.82 Å². The molecule has 2 aromatic heterocycles. The van der Waals surface area contributed by atoms with Crippen LogP contribution in [0.3, 0.4) is 0 Å². The van der Waals surface area contributed by atoms with Crippen LogP contribution in [0.15, 0.2) is 48.7 Å². The molecule has 4 rings (SSSR count). The Bertz CT molecular complexity index is 959. The monoisotopic (exact) mass is 347 g/mol. The van der Waals surface area contributed by atoms with E-state index in [4.69, 9.17) is 0 Å². The molecule has 0 aliphatic carbocycles. The van der Waals surface area contributed by atoms with E-state index in [9.17, 15) is 9.59 Å². The van der Waals surface area contributed by atoms with E-state index in [1.54, 1.807) is 35.1 Å². The molecule has 7 nitrogen and oxygen atoms in total. The zero-order chi connectivity index (χ0) is 18.3. The Morgan fingerprint density at radius 2 is 1.62 bits per heavy atom. The van der Waals surface area contributed by atoms with Gasteiger partial charge in [0.25, 0.3) is 11.8 Å². The summed E-state index contributed by atoms with van der Waals surface area (Å²) in [6, 6.07) is 12.3. The lowest BCUT2D eigenvalue weighted by Gasteiger charge is -2.13. The van der Waals surface area contributed by atoms with Gasteiger partial charge in [0, 0.05) is 12.1 Å². The molecule has 1 aliphatic rings. The average molecular weight is 347 g/mol. The summed E-state index contributed by atoms with van der Waals surface area (Å²) in [5.41, 5.74) is 0.843. The van der Waals surface area contributed by atoms with Crippen molar-refractivity contribution in [3.63, 3.8) is 0 Å². The number of nitrogens with zero attached hydrogens (tertiary/aromatic N) is 5. The van der Waals surface area contributed by atoms with E-state index in [1.807, 2.05) is 32.0 Å². The number of amides is 2. The number of pyridine rings is 1. The third kappa shape index (κ3) is 2.57. The summed E-state index contributed by atoms with van der Waals surface area (Å²) in [5, 5.41) is 4.52. The first-order valence-electron chi connectivity index (χ1n) is 8.38. The van der Waals surface area contributed by atoms with Crippen LogP contribution >= 0.6 is 0 Å². The summed E-state index contributed by atoms with van der Waals surface area (Å²) >= 11 is 0. The van der Waals surface area contributed by atoms with Gasteiger partial charge in [-0.3, -0.25) is 14.5 Å². The normalized spacial score (nSPS) is 13.6. The fourth-order valence-corrected chi connectivity index (χ4v) is 2.90. The lowest BCUT2D eigenvalue weighted by Crippen LogP contribution is -2.30. The number of rotatable bonds is 4. The van der Waals surface area contributed by atoms with E-state index in [0.29, 0.717) is 28.6 Å². The molecule has 0 spiro atoms. The van der Waals surface area contributed by atoms with E-state index < -0.39 is 0 Å². The second-order valence-electron chi connectivity index (χ2n) is 6.38. The molecule has 1 aromatic carbocycles. The van der Waals surface area contributed by atoms with Crippen molar-refractivity contribution >= 4 is 11.8 Å². The van der Waals surface area contributed by atoms with Crippen LogP contribution in [-0.4, -0.2) is 36.5 Å². The SMILES string of the molecule is CC(C)c1nc(CN2C(=O)c3ccccc3C2=O)n(-c2ccccn2)n1. The molecule has 0 atom stereocenters. The molecule has 3 heterocycles. The maximum atomic E-state index is 12.6. The van der Waals surface area contributed by atoms with E-state index in [2.05, 4.69) is 15.1 Å². The zero-order valence-electron chi connectivity index (χ0n) is 14.5. The number of aromatic nitrogens is 4. The van der Waals surface area contributed by atoms with Gasteiger partial charge in [-0.05, 0) is 24.3 Å². The summed E-state index contributed by atoms with van der Waals surface area (Å²) in [7, 11) is 0. The van der Waals surface area contributed by atoms with Crippen LogP contribution in [0.5, 0.6) is 0 Å². The molecule has 0 bridgehead atoms. The molecule has 26 heavy (non-hydrogen) atoms. The highest BCUT2D eigenvalue weighted by molar-refractivity contribution is 6.21. The molecular weight excluding hydrogens is 330 g/mol. The maximum Gasteiger partial charge on any atom is 0.261 e. The van der Waals surface area contributed by atoms with Gasteiger partial charge in [-0.2, -0.15) is 4.68 Å². The summed E-state index contributed by atoms with van der Waals surface area (Å²) in [6.45, 7) is 4.02. The third-order valence-corrected chi connectivity index (χ3v) is 4.25. The Kier molecular flexibility index (Phi) is 3.84. The van der Waals surface area contributed by atoms with E-state index in [0.717, 1.165) is 0 Å². The fraction of sp³-hybridized carbons (Fsp3) is 0.211. The molecule has 2 amide bonds. The van der Waals surface area contributed by atoms with Crippen LogP contribution in [0.2, 0.25) is 0 Å². The van der Waals surface area contributed by atoms with Crippen molar-refractivity contribution in [2.75, 3.05) is 0 Å². The van der Waals surface area contributed by atoms with E-state index >= 15 is 0 Å². The highest BCUT2D eigenvalue weighted by Crippen LogP contribution is 2.25. The molecule has 0 saturated carbocycles. The number of hydrogen-bond acceptors (Lipinski definition) is 5. The van der Waals surface area contributed by atoms with E-state index in [1.165, 1.54) is 4.90 Å². The average Bonchev–Trinajstić information content (AvgIpc) is 3.19. The van der Waals surface area contributed by atoms with Gasteiger partial charge >= 0.3 is 0 Å². The number of benzene rings is 1. The largest absolute Gasteiger partial charge is 0.269 e. The lowest BCUT2D eigenvalue weighted by molar-refractivity contribution is 0.0637. The van der Waals surface area contributed by atoms with Crippen molar-refractivity contribution in [3.05, 3.63) is 71.4 Å². The standard InChI is InChI=1S/C19H17N5O2/c1-12(2)17-21-16(24(22-17)15-9-5-6-10-20-15)11-23-18(25)13-7-3-4-8-14(13)19(23)26/h3-10,12H,11H2,1-2H3. The van der Waals surface area contributed by atoms with Gasteiger partial charge < -0.3 is 0 Å². The predicted molar refractivity (Wildman–Crippen MR) is 93.9 cm³/mol. The van der Waals surface area contributed by atoms with Gasteiger partial charge in [-0.1, -0.05) is 32.0 Å². The molecule has 130 valence electrons. The first-order valence-corrected chi connectivity index (χ1v) is 8.38. The second-order valence-corrected chi connectivity index (χ2v) is 6.38. The lowest BCUT2D eigenvalue weighted by atomic mass is 10.1. The number of imide groups is 1. The molecule has 0 unspecified atom stereocenters. The van der Waals surface area contributed by atoms with E-state index in [-0.39, 0.29) is 24.3 Å². The summed E-state index contributed by atoms with van der Waals surface area (Å²) in [6.07, 6.45) is 1.66. The third-order valence-electron chi connectivity index (χ3n) is 4.25. The minimum Gasteiger partial charge on any atom is -0.269 e. The van der Waals surface area contributed by atoms with Crippen LogP contribution in [0.4, 0.5) is 0 Å². The Labute approximate surface area is 150 Å². The Balaban J connectivity index is 1.73. The molecule has 7 heteroatoms. The minimum atomic E-state index is -0.313. The maximum absolute atomic E-state index is 12.6. The molecule has 0 saturated heterocycles. The zero-order valence-corrected chi connectivity index (χ0v) is 14.5. The first kappa shape index (κ1) is 16.1. The molecule has 3 aromatic rings. The highest BCUT2D eigenvalue weighted by atomic mass is 16.2. The van der Waals surface area contributed by atoms with Crippen molar-refractivity contribution in [1.29, 1.82) is 0 Å². The van der Waals surface area contributed by atoms with Gasteiger partial charge in [0.1, 0.15) is 0 Å². The predicted octanol–water partition coefficient (Wildman–Crippen LogP) is 2.58. The van der Waals surface area contributed by atoms with Crippen molar-refractivity contribution in [2.45, 2.75) is 26.3 Å². The number of carbonyl (C=O) groups is 2. The van der Waals surface area contributed by atoms with Crippen LogP contribution in [0, 0.1) is 0 Å². The summed E-state index contributed by atoms with van der Waals surface area (Å²) < 4.78 is 1.60. The van der Waals surface area contributed by atoms with Crippen LogP contribution in [0.25, 0.3) is 5.82 Å². The number of fused-ring (bicyclic) bond motifs is 1. The van der Waals surface area contributed by atoms with Crippen LogP contribution < -0.4 is 0 Å². The molecular formula is C19H17N5O2.